The highest BCUT2D eigenvalue weighted by molar-refractivity contribution is 7.89. The van der Waals surface area contributed by atoms with Crippen molar-refractivity contribution >= 4 is 10.0 Å². The predicted octanol–water partition coefficient (Wildman–Crippen LogP) is 4.24. The lowest BCUT2D eigenvalue weighted by Gasteiger charge is -2.39. The lowest BCUT2D eigenvalue weighted by atomic mass is 9.82. The molecule has 120 valence electrons. The molecule has 1 aliphatic carbocycles. The quantitative estimate of drug-likeness (QED) is 0.817. The van der Waals surface area contributed by atoms with Crippen molar-refractivity contribution in [2.24, 2.45) is 5.92 Å². The molecule has 0 spiro atoms. The van der Waals surface area contributed by atoms with Crippen LogP contribution in [0.1, 0.15) is 51.0 Å². The number of nitrogens with zero attached hydrogens (tertiary/aromatic N) is 1. The Hall–Kier alpha value is -1.29. The Morgan fingerprint density at radius 1 is 1.00 bits per heavy atom. The molecular weight excluding hydrogens is 294 g/mol. The monoisotopic (exact) mass is 319 g/mol. The fraction of sp³-hybridized carbons (Fsp3) is 0.556. The summed E-state index contributed by atoms with van der Waals surface area (Å²) < 4.78 is 28.1. The van der Waals surface area contributed by atoms with Crippen LogP contribution < -0.4 is 0 Å². The van der Waals surface area contributed by atoms with Gasteiger partial charge in [-0.1, -0.05) is 36.6 Å². The molecule has 4 heteroatoms. The van der Waals surface area contributed by atoms with Crippen molar-refractivity contribution in [1.82, 2.24) is 4.31 Å². The van der Waals surface area contributed by atoms with Gasteiger partial charge < -0.3 is 0 Å². The first kappa shape index (κ1) is 15.6. The summed E-state index contributed by atoms with van der Waals surface area (Å²) in [5.41, 5.74) is 1.98. The lowest BCUT2D eigenvalue weighted by Crippen LogP contribution is -2.44. The van der Waals surface area contributed by atoms with Gasteiger partial charge in [-0.25, -0.2) is 8.42 Å². The van der Waals surface area contributed by atoms with Crippen LogP contribution in [0.15, 0.2) is 40.9 Å². The minimum Gasteiger partial charge on any atom is -0.267 e. The topological polar surface area (TPSA) is 37.4 Å². The summed E-state index contributed by atoms with van der Waals surface area (Å²) in [5, 5.41) is 0. The van der Waals surface area contributed by atoms with E-state index in [1.54, 1.807) is 16.4 Å². The average molecular weight is 319 g/mol. The molecule has 1 aromatic rings. The third-order valence-corrected chi connectivity index (χ3v) is 7.02. The van der Waals surface area contributed by atoms with E-state index in [1.807, 2.05) is 26.0 Å². The molecule has 2 atom stereocenters. The van der Waals surface area contributed by atoms with E-state index >= 15 is 0 Å². The van der Waals surface area contributed by atoms with Crippen molar-refractivity contribution in [2.45, 2.75) is 63.3 Å². The largest absolute Gasteiger partial charge is 0.267 e. The van der Waals surface area contributed by atoms with Crippen molar-refractivity contribution in [3.8, 4) is 0 Å². The maximum Gasteiger partial charge on any atom is 0.264 e. The van der Waals surface area contributed by atoms with E-state index in [9.17, 15) is 8.42 Å². The molecule has 0 amide bonds. The first-order chi connectivity index (χ1) is 10.5. The van der Waals surface area contributed by atoms with Crippen LogP contribution in [0.4, 0.5) is 0 Å². The number of benzene rings is 1. The number of hydrogen-bond acceptors (Lipinski definition) is 2. The zero-order valence-electron chi connectivity index (χ0n) is 13.5. The van der Waals surface area contributed by atoms with E-state index in [-0.39, 0.29) is 6.04 Å². The maximum absolute atomic E-state index is 13.2. The van der Waals surface area contributed by atoms with Gasteiger partial charge in [-0.2, -0.15) is 0 Å². The number of allylic oxidation sites excluding steroid dienone is 2. The predicted molar refractivity (Wildman–Crippen MR) is 88.9 cm³/mol. The summed E-state index contributed by atoms with van der Waals surface area (Å²) in [6, 6.07) is 7.37. The van der Waals surface area contributed by atoms with Crippen molar-refractivity contribution in [3.05, 3.63) is 41.6 Å². The first-order valence-corrected chi connectivity index (χ1v) is 9.72. The van der Waals surface area contributed by atoms with Gasteiger partial charge in [-0.15, -0.1) is 0 Å². The molecule has 3 rings (SSSR count). The van der Waals surface area contributed by atoms with E-state index in [0.717, 1.165) is 43.4 Å². The molecule has 0 unspecified atom stereocenters. The highest BCUT2D eigenvalue weighted by atomic mass is 32.2. The number of aryl methyl sites for hydroxylation is 1. The Kier molecular flexibility index (Phi) is 4.31. The van der Waals surface area contributed by atoms with E-state index < -0.39 is 10.0 Å². The van der Waals surface area contributed by atoms with Gasteiger partial charge in [0.1, 0.15) is 0 Å². The second-order valence-electron chi connectivity index (χ2n) is 6.65. The fourth-order valence-corrected chi connectivity index (χ4v) is 5.68. The lowest BCUT2D eigenvalue weighted by molar-refractivity contribution is 0.203. The molecule has 0 saturated heterocycles. The highest BCUT2D eigenvalue weighted by Crippen LogP contribution is 2.39. The summed E-state index contributed by atoms with van der Waals surface area (Å²) in [4.78, 5) is 0.414. The Labute approximate surface area is 134 Å². The smallest absolute Gasteiger partial charge is 0.264 e. The summed E-state index contributed by atoms with van der Waals surface area (Å²) in [6.07, 6.45) is 8.72. The summed E-state index contributed by atoms with van der Waals surface area (Å²) >= 11 is 0. The highest BCUT2D eigenvalue weighted by Gasteiger charge is 2.38. The fourth-order valence-electron chi connectivity index (χ4n) is 3.88. The van der Waals surface area contributed by atoms with Gasteiger partial charge in [0.05, 0.1) is 4.90 Å². The van der Waals surface area contributed by atoms with Crippen molar-refractivity contribution in [2.75, 3.05) is 0 Å². The minimum absolute atomic E-state index is 0.138. The van der Waals surface area contributed by atoms with E-state index in [4.69, 9.17) is 0 Å². The van der Waals surface area contributed by atoms with Crippen LogP contribution in [0.3, 0.4) is 0 Å². The van der Waals surface area contributed by atoms with Gasteiger partial charge in [0, 0.05) is 11.7 Å². The zero-order chi connectivity index (χ0) is 15.7. The molecule has 0 aromatic heterocycles. The number of hydrogen-bond donors (Lipinski definition) is 0. The summed E-state index contributed by atoms with van der Waals surface area (Å²) in [5.74, 6) is 0.502. The summed E-state index contributed by atoms with van der Waals surface area (Å²) in [6.45, 7) is 3.92. The Morgan fingerprint density at radius 3 is 2.41 bits per heavy atom. The Morgan fingerprint density at radius 2 is 1.68 bits per heavy atom. The minimum atomic E-state index is -3.46. The van der Waals surface area contributed by atoms with Crippen LogP contribution in [-0.2, 0) is 10.0 Å². The van der Waals surface area contributed by atoms with Crippen molar-refractivity contribution in [1.29, 1.82) is 0 Å². The number of fused-ring (bicyclic) bond motifs is 1. The molecule has 0 N–H and O–H groups in total. The number of sulfonamides is 1. The summed E-state index contributed by atoms with van der Waals surface area (Å²) in [7, 11) is -3.46. The molecular formula is C18H25NO2S. The van der Waals surface area contributed by atoms with Gasteiger partial charge in [0.25, 0.3) is 10.0 Å². The van der Waals surface area contributed by atoms with Crippen molar-refractivity contribution in [3.63, 3.8) is 0 Å². The molecule has 1 heterocycles. The van der Waals surface area contributed by atoms with Gasteiger partial charge in [-0.05, 0) is 57.6 Å². The van der Waals surface area contributed by atoms with Crippen LogP contribution in [0.2, 0.25) is 0 Å². The molecule has 3 nitrogen and oxygen atoms in total. The third-order valence-electron chi connectivity index (χ3n) is 5.07. The first-order valence-electron chi connectivity index (χ1n) is 8.28. The van der Waals surface area contributed by atoms with Gasteiger partial charge >= 0.3 is 0 Å². The number of rotatable bonds is 2. The molecule has 1 aliphatic heterocycles. The molecule has 1 saturated carbocycles. The van der Waals surface area contributed by atoms with E-state index in [1.165, 1.54) is 6.42 Å². The van der Waals surface area contributed by atoms with Crippen molar-refractivity contribution < 1.29 is 8.42 Å². The average Bonchev–Trinajstić information content (AvgIpc) is 2.66. The maximum atomic E-state index is 13.2. The molecule has 0 bridgehead atoms. The van der Waals surface area contributed by atoms with Crippen LogP contribution in [0, 0.1) is 12.8 Å². The SMILES string of the molecule is CC1=CCC[C@@H]2CCCC[C@H]2N1S(=O)(=O)c1ccc(C)cc1. The second kappa shape index (κ2) is 6.07. The molecule has 22 heavy (non-hydrogen) atoms. The van der Waals surface area contributed by atoms with E-state index in [0.29, 0.717) is 10.8 Å². The van der Waals surface area contributed by atoms with Crippen LogP contribution in [-0.4, -0.2) is 18.8 Å². The molecule has 1 fully saturated rings. The van der Waals surface area contributed by atoms with Crippen LogP contribution in [0.5, 0.6) is 0 Å². The second-order valence-corrected chi connectivity index (χ2v) is 8.46. The normalized spacial score (nSPS) is 26.1. The van der Waals surface area contributed by atoms with Gasteiger partial charge in [-0.3, -0.25) is 4.31 Å². The molecule has 1 aromatic carbocycles. The standard InChI is InChI=1S/C18H25NO2S/c1-14-10-12-17(13-11-14)22(20,21)19-15(2)6-5-8-16-7-3-4-9-18(16)19/h6,10-13,16,18H,3-5,7-9H2,1-2H3/t16-,18+/m0/s1. The molecule has 0 radical (unpaired) electrons. The van der Waals surface area contributed by atoms with Crippen LogP contribution in [0.25, 0.3) is 0 Å². The Bertz CT molecular complexity index is 661. The van der Waals surface area contributed by atoms with Gasteiger partial charge in [0.2, 0.25) is 0 Å². The Balaban J connectivity index is 2.03. The van der Waals surface area contributed by atoms with E-state index in [2.05, 4.69) is 6.08 Å². The van der Waals surface area contributed by atoms with Gasteiger partial charge in [0.15, 0.2) is 0 Å². The molecule has 2 aliphatic rings. The third kappa shape index (κ3) is 2.81. The van der Waals surface area contributed by atoms with Crippen LogP contribution >= 0.6 is 0 Å². The zero-order valence-corrected chi connectivity index (χ0v) is 14.3.